The number of aliphatic hydroxyl groups excluding tert-OH is 1. The van der Waals surface area contributed by atoms with Crippen molar-refractivity contribution < 1.29 is 23.8 Å². The van der Waals surface area contributed by atoms with Crippen LogP contribution in [0.2, 0.25) is 30.7 Å². The van der Waals surface area contributed by atoms with Gasteiger partial charge >= 0.3 is 0 Å². The Morgan fingerprint density at radius 3 is 2.51 bits per heavy atom. The molecule has 0 saturated carbocycles. The summed E-state index contributed by atoms with van der Waals surface area (Å²) in [5, 5.41) is 16.9. The SMILES string of the molecule is C[Si](C)(C)CCOCn1cc(OCc2ccccc2)c(=O)c(C(=O)N2CCCC2[C@H](O)[C@H](c2ccc(Cl)cc2)c2cccc(F)c2)n1. The molecule has 2 heterocycles. The second kappa shape index (κ2) is 15.4. The van der Waals surface area contributed by atoms with Gasteiger partial charge in [0.05, 0.1) is 18.3 Å². The van der Waals surface area contributed by atoms with Gasteiger partial charge in [-0.3, -0.25) is 9.59 Å². The molecule has 8 nitrogen and oxygen atoms in total. The highest BCUT2D eigenvalue weighted by Crippen LogP contribution is 2.35. The number of carbonyl (C=O) groups is 1. The average Bonchev–Trinajstić information content (AvgIpc) is 3.54. The van der Waals surface area contributed by atoms with Crippen LogP contribution in [0.1, 0.15) is 45.9 Å². The molecule has 1 saturated heterocycles. The molecule has 1 aliphatic rings. The third-order valence-electron chi connectivity index (χ3n) is 8.33. The summed E-state index contributed by atoms with van der Waals surface area (Å²) < 4.78 is 27.7. The Bertz CT molecular complexity index is 1710. The molecule has 5 rings (SSSR count). The molecule has 1 N–H and O–H groups in total. The molecule has 11 heteroatoms. The van der Waals surface area contributed by atoms with Gasteiger partial charge in [0.1, 0.15) is 19.2 Å². The first kappa shape index (κ1) is 34.5. The maximum absolute atomic E-state index is 14.4. The lowest BCUT2D eigenvalue weighted by Gasteiger charge is -2.34. The standard InChI is InChI=1S/C36H41ClFN3O5Si/c1-47(2,3)20-19-45-24-40-22-31(46-23-25-9-5-4-6-10-25)35(43)33(39-40)36(44)41-18-8-13-30(41)34(42)32(26-14-16-28(37)17-15-26)27-11-7-12-29(38)21-27/h4-7,9-12,14-17,21-22,30,32,34,42H,8,13,18-20,23-24H2,1-3H3/t30?,32-,34+/m1/s1. The van der Waals surface area contributed by atoms with Gasteiger partial charge in [-0.1, -0.05) is 85.8 Å². The maximum Gasteiger partial charge on any atom is 0.278 e. The molecular weight excluding hydrogens is 637 g/mol. The summed E-state index contributed by atoms with van der Waals surface area (Å²) in [6, 6.07) is 22.8. The van der Waals surface area contributed by atoms with Gasteiger partial charge < -0.3 is 19.5 Å². The summed E-state index contributed by atoms with van der Waals surface area (Å²) in [5.41, 5.74) is 1.20. The van der Waals surface area contributed by atoms with Crippen LogP contribution in [0.4, 0.5) is 4.39 Å². The molecule has 3 aromatic carbocycles. The summed E-state index contributed by atoms with van der Waals surface area (Å²) in [5.74, 6) is -1.72. The fourth-order valence-corrected chi connectivity index (χ4v) is 6.69. The Kier molecular flexibility index (Phi) is 11.3. The second-order valence-corrected chi connectivity index (χ2v) is 19.2. The number of rotatable bonds is 13. The summed E-state index contributed by atoms with van der Waals surface area (Å²) in [6.07, 6.45) is 1.45. The molecule has 1 fully saturated rings. The minimum absolute atomic E-state index is 0.0175. The first-order valence-electron chi connectivity index (χ1n) is 15.9. The molecule has 0 aliphatic carbocycles. The molecule has 248 valence electrons. The lowest BCUT2D eigenvalue weighted by molar-refractivity contribution is 0.0421. The summed E-state index contributed by atoms with van der Waals surface area (Å²) >= 11 is 6.15. The van der Waals surface area contributed by atoms with Crippen LogP contribution in [-0.2, 0) is 18.1 Å². The van der Waals surface area contributed by atoms with E-state index >= 15 is 0 Å². The van der Waals surface area contributed by atoms with E-state index in [2.05, 4.69) is 24.7 Å². The predicted molar refractivity (Wildman–Crippen MR) is 183 cm³/mol. The van der Waals surface area contributed by atoms with Gasteiger partial charge in [0.15, 0.2) is 11.4 Å². The minimum atomic E-state index is -1.34. The zero-order chi connectivity index (χ0) is 33.6. The second-order valence-electron chi connectivity index (χ2n) is 13.1. The van der Waals surface area contributed by atoms with Crippen molar-refractivity contribution in [2.45, 2.75) is 69.9 Å². The van der Waals surface area contributed by atoms with Gasteiger partial charge in [-0.15, -0.1) is 0 Å². The van der Waals surface area contributed by atoms with E-state index < -0.39 is 43.3 Å². The summed E-state index contributed by atoms with van der Waals surface area (Å²) in [4.78, 5) is 29.4. The van der Waals surface area contributed by atoms with Gasteiger partial charge in [0.25, 0.3) is 11.3 Å². The number of aliphatic hydroxyl groups is 1. The highest BCUT2D eigenvalue weighted by atomic mass is 35.5. The van der Waals surface area contributed by atoms with Gasteiger partial charge in [-0.25, -0.2) is 9.07 Å². The van der Waals surface area contributed by atoms with Gasteiger partial charge in [0, 0.05) is 32.2 Å². The smallest absolute Gasteiger partial charge is 0.278 e. The lowest BCUT2D eigenvalue weighted by atomic mass is 9.82. The number of carbonyl (C=O) groups excluding carboxylic acids is 1. The van der Waals surface area contributed by atoms with Crippen LogP contribution < -0.4 is 10.2 Å². The number of aromatic nitrogens is 2. The molecule has 4 aromatic rings. The fraction of sp³-hybridized carbons (Fsp3) is 0.361. The number of hydrogen-bond donors (Lipinski definition) is 1. The van der Waals surface area contributed by atoms with Gasteiger partial charge in [-0.2, -0.15) is 5.10 Å². The lowest BCUT2D eigenvalue weighted by Crippen LogP contribution is -2.47. The van der Waals surface area contributed by atoms with Crippen LogP contribution in [0.5, 0.6) is 5.75 Å². The molecule has 1 aliphatic heterocycles. The number of halogens is 2. The number of benzene rings is 3. The van der Waals surface area contributed by atoms with E-state index in [1.807, 2.05) is 30.3 Å². The van der Waals surface area contributed by atoms with E-state index in [0.717, 1.165) is 17.2 Å². The number of amides is 1. The maximum atomic E-state index is 14.4. The quantitative estimate of drug-likeness (QED) is 0.125. The monoisotopic (exact) mass is 677 g/mol. The Balaban J connectivity index is 1.45. The van der Waals surface area contributed by atoms with E-state index in [9.17, 15) is 19.1 Å². The molecule has 1 amide bonds. The molecule has 0 spiro atoms. The predicted octanol–water partition coefficient (Wildman–Crippen LogP) is 6.72. The Morgan fingerprint density at radius 1 is 1.06 bits per heavy atom. The Labute approximate surface area is 280 Å². The largest absolute Gasteiger partial charge is 0.483 e. The normalized spacial score (nSPS) is 16.2. The van der Waals surface area contributed by atoms with Crippen molar-refractivity contribution in [3.63, 3.8) is 0 Å². The minimum Gasteiger partial charge on any atom is -0.483 e. The van der Waals surface area contributed by atoms with Crippen molar-refractivity contribution in [3.8, 4) is 5.75 Å². The van der Waals surface area contributed by atoms with Crippen LogP contribution >= 0.6 is 11.6 Å². The average molecular weight is 678 g/mol. The first-order valence-corrected chi connectivity index (χ1v) is 19.9. The molecule has 3 atom stereocenters. The van der Waals surface area contributed by atoms with E-state index in [4.69, 9.17) is 21.1 Å². The van der Waals surface area contributed by atoms with Crippen molar-refractivity contribution in [1.82, 2.24) is 14.7 Å². The molecule has 1 aromatic heterocycles. The number of nitrogens with zero attached hydrogens (tertiary/aromatic N) is 3. The van der Waals surface area contributed by atoms with E-state index in [0.29, 0.717) is 36.6 Å². The Morgan fingerprint density at radius 2 is 1.81 bits per heavy atom. The van der Waals surface area contributed by atoms with Crippen molar-refractivity contribution in [2.24, 2.45) is 0 Å². The van der Waals surface area contributed by atoms with Crippen LogP contribution in [0.25, 0.3) is 0 Å². The van der Waals surface area contributed by atoms with Gasteiger partial charge in [0.2, 0.25) is 0 Å². The zero-order valence-electron chi connectivity index (χ0n) is 26.9. The topological polar surface area (TPSA) is 93.9 Å². The van der Waals surface area contributed by atoms with Gasteiger partial charge in [-0.05, 0) is 59.8 Å². The molecule has 0 radical (unpaired) electrons. The van der Waals surface area contributed by atoms with E-state index in [1.54, 1.807) is 36.4 Å². The van der Waals surface area contributed by atoms with Crippen LogP contribution in [-0.4, -0.2) is 59.1 Å². The number of ether oxygens (including phenoxy) is 2. The highest BCUT2D eigenvalue weighted by molar-refractivity contribution is 6.76. The molecule has 0 bridgehead atoms. The van der Waals surface area contributed by atoms with E-state index in [-0.39, 0.29) is 24.8 Å². The third-order valence-corrected chi connectivity index (χ3v) is 10.3. The fourth-order valence-electron chi connectivity index (χ4n) is 5.81. The number of likely N-dealkylation sites (tertiary alicyclic amines) is 1. The molecule has 47 heavy (non-hydrogen) atoms. The van der Waals surface area contributed by atoms with Crippen LogP contribution in [0, 0.1) is 5.82 Å². The first-order chi connectivity index (χ1) is 22.5. The van der Waals surface area contributed by atoms with Crippen molar-refractivity contribution in [1.29, 1.82) is 0 Å². The van der Waals surface area contributed by atoms with Crippen molar-refractivity contribution in [2.75, 3.05) is 13.2 Å². The van der Waals surface area contributed by atoms with Crippen LogP contribution in [0.3, 0.4) is 0 Å². The highest BCUT2D eigenvalue weighted by Gasteiger charge is 2.40. The van der Waals surface area contributed by atoms with Crippen molar-refractivity contribution in [3.05, 3.63) is 129 Å². The third kappa shape index (κ3) is 8.95. The van der Waals surface area contributed by atoms with Crippen LogP contribution in [0.15, 0.2) is 89.9 Å². The Hall–Kier alpha value is -3.83. The zero-order valence-corrected chi connectivity index (χ0v) is 28.7. The molecule has 1 unspecified atom stereocenters. The molecular formula is C36H41ClFN3O5Si. The van der Waals surface area contributed by atoms with Crippen molar-refractivity contribution >= 4 is 25.6 Å². The summed E-state index contributed by atoms with van der Waals surface area (Å²) in [6.45, 7) is 7.79. The number of hydrogen-bond acceptors (Lipinski definition) is 6. The summed E-state index contributed by atoms with van der Waals surface area (Å²) in [7, 11) is -1.34. The van der Waals surface area contributed by atoms with E-state index in [1.165, 1.54) is 27.9 Å².